The van der Waals surface area contributed by atoms with E-state index in [-0.39, 0.29) is 0 Å². The first-order valence-electron chi connectivity index (χ1n) is 7.17. The summed E-state index contributed by atoms with van der Waals surface area (Å²) in [5.74, 6) is -0.879. The second kappa shape index (κ2) is 8.72. The predicted molar refractivity (Wildman–Crippen MR) is 79.7 cm³/mol. The fourth-order valence-electron chi connectivity index (χ4n) is 2.10. The van der Waals surface area contributed by atoms with Gasteiger partial charge in [0.2, 0.25) is 0 Å². The van der Waals surface area contributed by atoms with Crippen LogP contribution in [-0.2, 0) is 16.1 Å². The Labute approximate surface area is 121 Å². The number of carboxylic acid groups (broad SMARTS) is 1. The number of rotatable bonds is 9. The first-order valence-corrected chi connectivity index (χ1v) is 7.17. The maximum absolute atomic E-state index is 11.1. The minimum Gasteiger partial charge on any atom is -0.479 e. The molecule has 4 heteroatoms. The minimum absolute atomic E-state index is 0.367. The van der Waals surface area contributed by atoms with Gasteiger partial charge in [-0.1, -0.05) is 30.3 Å². The first-order chi connectivity index (χ1) is 9.54. The van der Waals surface area contributed by atoms with Gasteiger partial charge in [0, 0.05) is 25.7 Å². The van der Waals surface area contributed by atoms with Crippen molar-refractivity contribution in [1.82, 2.24) is 4.90 Å². The quantitative estimate of drug-likeness (QED) is 0.755. The average molecular weight is 279 g/mol. The number of carbonyl (C=O) groups is 1. The molecular weight excluding hydrogens is 254 g/mol. The second-order valence-corrected chi connectivity index (χ2v) is 5.12. The molecule has 1 N–H and O–H groups in total. The summed E-state index contributed by atoms with van der Waals surface area (Å²) in [5, 5.41) is 9.10. The van der Waals surface area contributed by atoms with E-state index in [1.807, 2.05) is 25.1 Å². The lowest BCUT2D eigenvalue weighted by Gasteiger charge is -2.27. The first kappa shape index (κ1) is 16.7. The van der Waals surface area contributed by atoms with Gasteiger partial charge < -0.3 is 9.84 Å². The van der Waals surface area contributed by atoms with Crippen LogP contribution in [0.1, 0.15) is 32.8 Å². The molecule has 20 heavy (non-hydrogen) atoms. The second-order valence-electron chi connectivity index (χ2n) is 5.12. The summed E-state index contributed by atoms with van der Waals surface area (Å²) in [6.45, 7) is 8.04. The summed E-state index contributed by atoms with van der Waals surface area (Å²) >= 11 is 0. The van der Waals surface area contributed by atoms with Gasteiger partial charge in [0.1, 0.15) is 0 Å². The van der Waals surface area contributed by atoms with Gasteiger partial charge in [-0.2, -0.15) is 0 Å². The number of hydrogen-bond donors (Lipinski definition) is 1. The van der Waals surface area contributed by atoms with Crippen molar-refractivity contribution in [2.24, 2.45) is 0 Å². The van der Waals surface area contributed by atoms with Crippen molar-refractivity contribution in [3.63, 3.8) is 0 Å². The SMILES string of the molecule is CCOC(CCN(Cc1ccccc1)C(C)C)C(=O)O. The van der Waals surface area contributed by atoms with Gasteiger partial charge in [-0.25, -0.2) is 4.79 Å². The number of ether oxygens (including phenoxy) is 1. The van der Waals surface area contributed by atoms with Crippen molar-refractivity contribution in [1.29, 1.82) is 0 Å². The Morgan fingerprint density at radius 3 is 2.45 bits per heavy atom. The summed E-state index contributed by atoms with van der Waals surface area (Å²) in [4.78, 5) is 13.4. The zero-order chi connectivity index (χ0) is 15.0. The molecule has 0 fully saturated rings. The number of aliphatic carboxylic acids is 1. The molecule has 0 aliphatic carbocycles. The van der Waals surface area contributed by atoms with Crippen LogP contribution in [0.3, 0.4) is 0 Å². The summed E-state index contributed by atoms with van der Waals surface area (Å²) < 4.78 is 5.26. The Bertz CT molecular complexity index is 392. The van der Waals surface area contributed by atoms with Gasteiger partial charge in [0.25, 0.3) is 0 Å². The number of nitrogens with zero attached hydrogens (tertiary/aromatic N) is 1. The van der Waals surface area contributed by atoms with E-state index in [9.17, 15) is 4.79 Å². The molecule has 0 spiro atoms. The highest BCUT2D eigenvalue weighted by Crippen LogP contribution is 2.10. The van der Waals surface area contributed by atoms with E-state index in [4.69, 9.17) is 9.84 Å². The molecule has 112 valence electrons. The molecule has 0 saturated carbocycles. The van der Waals surface area contributed by atoms with E-state index in [1.54, 1.807) is 0 Å². The number of benzene rings is 1. The van der Waals surface area contributed by atoms with Crippen LogP contribution in [0.5, 0.6) is 0 Å². The van der Waals surface area contributed by atoms with Crippen LogP contribution in [-0.4, -0.2) is 41.3 Å². The van der Waals surface area contributed by atoms with Crippen molar-refractivity contribution in [2.75, 3.05) is 13.2 Å². The van der Waals surface area contributed by atoms with Crippen molar-refractivity contribution in [2.45, 2.75) is 45.9 Å². The smallest absolute Gasteiger partial charge is 0.332 e. The molecule has 0 aromatic heterocycles. The minimum atomic E-state index is -0.879. The molecule has 0 aliphatic rings. The van der Waals surface area contributed by atoms with Crippen molar-refractivity contribution in [3.8, 4) is 0 Å². The third-order valence-electron chi connectivity index (χ3n) is 3.28. The fourth-order valence-corrected chi connectivity index (χ4v) is 2.10. The molecule has 1 rings (SSSR count). The molecule has 1 aromatic carbocycles. The van der Waals surface area contributed by atoms with Gasteiger partial charge in [0.15, 0.2) is 6.10 Å². The van der Waals surface area contributed by atoms with E-state index in [2.05, 4.69) is 30.9 Å². The van der Waals surface area contributed by atoms with Crippen LogP contribution in [0.25, 0.3) is 0 Å². The molecule has 0 aliphatic heterocycles. The Balaban J connectivity index is 2.57. The fraction of sp³-hybridized carbons (Fsp3) is 0.562. The molecule has 0 heterocycles. The highest BCUT2D eigenvalue weighted by Gasteiger charge is 2.19. The monoisotopic (exact) mass is 279 g/mol. The van der Waals surface area contributed by atoms with E-state index in [0.717, 1.165) is 6.54 Å². The predicted octanol–water partition coefficient (Wildman–Crippen LogP) is 2.78. The maximum atomic E-state index is 11.1. The molecule has 4 nitrogen and oxygen atoms in total. The van der Waals surface area contributed by atoms with Crippen LogP contribution in [0.15, 0.2) is 30.3 Å². The van der Waals surface area contributed by atoms with Gasteiger partial charge in [-0.3, -0.25) is 4.90 Å². The van der Waals surface area contributed by atoms with Crippen LogP contribution in [0.2, 0.25) is 0 Å². The summed E-state index contributed by atoms with van der Waals surface area (Å²) in [7, 11) is 0. The van der Waals surface area contributed by atoms with E-state index in [0.29, 0.717) is 25.6 Å². The molecule has 1 unspecified atom stereocenters. The van der Waals surface area contributed by atoms with E-state index in [1.165, 1.54) is 5.56 Å². The average Bonchev–Trinajstić information content (AvgIpc) is 2.42. The normalized spacial score (nSPS) is 12.8. The van der Waals surface area contributed by atoms with Crippen LogP contribution < -0.4 is 0 Å². The zero-order valence-electron chi connectivity index (χ0n) is 12.6. The Hall–Kier alpha value is -1.39. The highest BCUT2D eigenvalue weighted by molar-refractivity contribution is 5.72. The van der Waals surface area contributed by atoms with Gasteiger partial charge >= 0.3 is 5.97 Å². The number of carboxylic acids is 1. The molecule has 0 saturated heterocycles. The highest BCUT2D eigenvalue weighted by atomic mass is 16.5. The van der Waals surface area contributed by atoms with Crippen LogP contribution >= 0.6 is 0 Å². The molecule has 0 radical (unpaired) electrons. The van der Waals surface area contributed by atoms with Crippen LogP contribution in [0.4, 0.5) is 0 Å². The molecule has 1 atom stereocenters. The molecule has 1 aromatic rings. The molecule has 0 amide bonds. The van der Waals surface area contributed by atoms with Crippen LogP contribution in [0, 0.1) is 0 Å². The number of hydrogen-bond acceptors (Lipinski definition) is 3. The van der Waals surface area contributed by atoms with E-state index < -0.39 is 12.1 Å². The standard InChI is InChI=1S/C16H25NO3/c1-4-20-15(16(18)19)10-11-17(13(2)3)12-14-8-6-5-7-9-14/h5-9,13,15H,4,10-12H2,1-3H3,(H,18,19). The van der Waals surface area contributed by atoms with Crippen molar-refractivity contribution in [3.05, 3.63) is 35.9 Å². The third kappa shape index (κ3) is 5.72. The summed E-state index contributed by atoms with van der Waals surface area (Å²) in [6.07, 6.45) is -0.203. The van der Waals surface area contributed by atoms with Gasteiger partial charge in [-0.05, 0) is 32.8 Å². The Morgan fingerprint density at radius 1 is 1.30 bits per heavy atom. The lowest BCUT2D eigenvalue weighted by molar-refractivity contribution is -0.150. The van der Waals surface area contributed by atoms with Gasteiger partial charge in [0.05, 0.1) is 0 Å². The Kier molecular flexibility index (Phi) is 7.26. The Morgan fingerprint density at radius 2 is 1.95 bits per heavy atom. The summed E-state index contributed by atoms with van der Waals surface area (Å²) in [6, 6.07) is 10.6. The topological polar surface area (TPSA) is 49.8 Å². The van der Waals surface area contributed by atoms with E-state index >= 15 is 0 Å². The lowest BCUT2D eigenvalue weighted by Crippen LogP contribution is -2.35. The van der Waals surface area contributed by atoms with Crippen molar-refractivity contribution < 1.29 is 14.6 Å². The zero-order valence-corrected chi connectivity index (χ0v) is 12.6. The third-order valence-corrected chi connectivity index (χ3v) is 3.28. The largest absolute Gasteiger partial charge is 0.479 e. The summed E-state index contributed by atoms with van der Waals surface area (Å²) in [5.41, 5.74) is 1.24. The molecule has 0 bridgehead atoms. The lowest BCUT2D eigenvalue weighted by atomic mass is 10.1. The van der Waals surface area contributed by atoms with Gasteiger partial charge in [-0.15, -0.1) is 0 Å². The molecular formula is C16H25NO3. The van der Waals surface area contributed by atoms with Crippen molar-refractivity contribution >= 4 is 5.97 Å². The maximum Gasteiger partial charge on any atom is 0.332 e.